The van der Waals surface area contributed by atoms with E-state index in [0.717, 1.165) is 19.4 Å². The van der Waals surface area contributed by atoms with Crippen LogP contribution in [-0.2, 0) is 16.1 Å². The van der Waals surface area contributed by atoms with Gasteiger partial charge < -0.3 is 19.9 Å². The van der Waals surface area contributed by atoms with Crippen molar-refractivity contribution >= 4 is 11.8 Å². The van der Waals surface area contributed by atoms with E-state index in [1.165, 1.54) is 0 Å². The highest BCUT2D eigenvalue weighted by molar-refractivity contribution is 5.91. The van der Waals surface area contributed by atoms with Gasteiger partial charge in [-0.3, -0.25) is 9.59 Å². The lowest BCUT2D eigenvalue weighted by molar-refractivity contribution is -0.125. The van der Waals surface area contributed by atoms with Crippen LogP contribution < -0.4 is 10.6 Å². The molecule has 7 heteroatoms. The Morgan fingerprint density at radius 2 is 2.41 bits per heavy atom. The van der Waals surface area contributed by atoms with Crippen molar-refractivity contribution in [2.24, 2.45) is 0 Å². The molecule has 3 heterocycles. The molecule has 22 heavy (non-hydrogen) atoms. The number of rotatable bonds is 4. The lowest BCUT2D eigenvalue weighted by atomic mass is 9.92. The Bertz CT molecular complexity index is 551. The van der Waals surface area contributed by atoms with Crippen LogP contribution in [0.5, 0.6) is 0 Å². The molecule has 3 rings (SSSR count). The van der Waals surface area contributed by atoms with E-state index in [1.807, 2.05) is 6.92 Å². The summed E-state index contributed by atoms with van der Waals surface area (Å²) in [6.07, 6.45) is 6.37. The summed E-state index contributed by atoms with van der Waals surface area (Å²) in [5, 5.41) is 6.01. The first-order valence-corrected chi connectivity index (χ1v) is 7.92. The van der Waals surface area contributed by atoms with E-state index in [0.29, 0.717) is 25.2 Å². The van der Waals surface area contributed by atoms with Crippen molar-refractivity contribution in [2.45, 2.75) is 57.3 Å². The zero-order chi connectivity index (χ0) is 15.5. The summed E-state index contributed by atoms with van der Waals surface area (Å²) in [4.78, 5) is 28.3. The third-order valence-corrected chi connectivity index (χ3v) is 4.38. The number of ether oxygens (including phenoxy) is 1. The molecule has 0 saturated carbocycles. The number of hydrogen-bond donors (Lipinski definition) is 2. The van der Waals surface area contributed by atoms with Gasteiger partial charge in [-0.15, -0.1) is 0 Å². The first kappa shape index (κ1) is 15.0. The van der Waals surface area contributed by atoms with Crippen LogP contribution in [0.4, 0.5) is 0 Å². The molecule has 7 nitrogen and oxygen atoms in total. The van der Waals surface area contributed by atoms with Gasteiger partial charge in [-0.25, -0.2) is 4.98 Å². The van der Waals surface area contributed by atoms with Crippen molar-refractivity contribution in [1.29, 1.82) is 0 Å². The normalized spacial score (nSPS) is 28.4. The first-order chi connectivity index (χ1) is 10.7. The monoisotopic (exact) mass is 306 g/mol. The molecule has 2 N–H and O–H groups in total. The third kappa shape index (κ3) is 2.99. The summed E-state index contributed by atoms with van der Waals surface area (Å²) < 4.78 is 7.50. The standard InChI is InChI=1S/C15H22N4O3/c1-2-19-8-7-16-14(19)15(21)17-10-5-6-12(20)18-13(10)11-4-3-9-22-11/h7-8,10-11,13H,2-6,9H2,1H3,(H,17,21)(H,18,20). The summed E-state index contributed by atoms with van der Waals surface area (Å²) in [6, 6.07) is -0.270. The molecule has 3 unspecified atom stereocenters. The zero-order valence-corrected chi connectivity index (χ0v) is 12.7. The second-order valence-corrected chi connectivity index (χ2v) is 5.80. The Kier molecular flexibility index (Phi) is 4.42. The average molecular weight is 306 g/mol. The number of nitrogens with zero attached hydrogens (tertiary/aromatic N) is 2. The van der Waals surface area contributed by atoms with Crippen LogP contribution in [0, 0.1) is 0 Å². The maximum Gasteiger partial charge on any atom is 0.287 e. The molecule has 120 valence electrons. The molecule has 2 aliphatic heterocycles. The summed E-state index contributed by atoms with van der Waals surface area (Å²) in [5.74, 6) is 0.238. The van der Waals surface area contributed by atoms with Gasteiger partial charge in [0.25, 0.3) is 5.91 Å². The van der Waals surface area contributed by atoms with Crippen LogP contribution in [0.15, 0.2) is 12.4 Å². The minimum Gasteiger partial charge on any atom is -0.376 e. The Labute approximate surface area is 129 Å². The van der Waals surface area contributed by atoms with Crippen LogP contribution in [0.1, 0.15) is 43.2 Å². The molecule has 2 fully saturated rings. The zero-order valence-electron chi connectivity index (χ0n) is 12.7. The number of aromatic nitrogens is 2. The highest BCUT2D eigenvalue weighted by Gasteiger charge is 2.38. The third-order valence-electron chi connectivity index (χ3n) is 4.38. The smallest absolute Gasteiger partial charge is 0.287 e. The lowest BCUT2D eigenvalue weighted by Crippen LogP contribution is -2.60. The minimum atomic E-state index is -0.198. The number of piperidine rings is 1. The fraction of sp³-hybridized carbons (Fsp3) is 0.667. The van der Waals surface area contributed by atoms with E-state index >= 15 is 0 Å². The van der Waals surface area contributed by atoms with Gasteiger partial charge in [-0.1, -0.05) is 0 Å². The van der Waals surface area contributed by atoms with Crippen LogP contribution >= 0.6 is 0 Å². The van der Waals surface area contributed by atoms with E-state index in [9.17, 15) is 9.59 Å². The van der Waals surface area contributed by atoms with Gasteiger partial charge in [0.05, 0.1) is 18.2 Å². The molecule has 2 amide bonds. The van der Waals surface area contributed by atoms with Gasteiger partial charge >= 0.3 is 0 Å². The Morgan fingerprint density at radius 1 is 1.55 bits per heavy atom. The lowest BCUT2D eigenvalue weighted by Gasteiger charge is -2.35. The van der Waals surface area contributed by atoms with Crippen molar-refractivity contribution in [3.63, 3.8) is 0 Å². The summed E-state index contributed by atoms with van der Waals surface area (Å²) >= 11 is 0. The first-order valence-electron chi connectivity index (χ1n) is 7.92. The fourth-order valence-corrected chi connectivity index (χ4v) is 3.23. The fourth-order valence-electron chi connectivity index (χ4n) is 3.23. The molecule has 3 atom stereocenters. The van der Waals surface area contributed by atoms with E-state index in [4.69, 9.17) is 4.74 Å². The van der Waals surface area contributed by atoms with E-state index in [2.05, 4.69) is 15.6 Å². The van der Waals surface area contributed by atoms with Crippen LogP contribution in [0.25, 0.3) is 0 Å². The minimum absolute atomic E-state index is 0.0135. The van der Waals surface area contributed by atoms with Gasteiger partial charge in [-0.2, -0.15) is 0 Å². The average Bonchev–Trinajstić information content (AvgIpc) is 3.19. The number of carbonyl (C=O) groups excluding carboxylic acids is 2. The molecule has 0 radical (unpaired) electrons. The molecule has 0 spiro atoms. The van der Waals surface area contributed by atoms with Crippen molar-refractivity contribution in [1.82, 2.24) is 20.2 Å². The molecular formula is C15H22N4O3. The van der Waals surface area contributed by atoms with Crippen molar-refractivity contribution in [3.8, 4) is 0 Å². The SMILES string of the molecule is CCn1ccnc1C(=O)NC1CCC(=O)NC1C1CCCO1. The number of hydrogen-bond acceptors (Lipinski definition) is 4. The number of nitrogens with one attached hydrogen (secondary N) is 2. The predicted octanol–water partition coefficient (Wildman–Crippen LogP) is 0.459. The summed E-state index contributed by atoms with van der Waals surface area (Å²) in [6.45, 7) is 3.38. The van der Waals surface area contributed by atoms with Crippen LogP contribution in [-0.4, -0.2) is 46.2 Å². The quantitative estimate of drug-likeness (QED) is 0.846. The van der Waals surface area contributed by atoms with Crippen LogP contribution in [0.3, 0.4) is 0 Å². The number of amides is 2. The van der Waals surface area contributed by atoms with Crippen LogP contribution in [0.2, 0.25) is 0 Å². The Balaban J connectivity index is 1.71. The molecule has 0 aliphatic carbocycles. The summed E-state index contributed by atoms with van der Waals surface area (Å²) in [5.41, 5.74) is 0. The Hall–Kier alpha value is -1.89. The van der Waals surface area contributed by atoms with Gasteiger partial charge in [-0.05, 0) is 26.2 Å². The predicted molar refractivity (Wildman–Crippen MR) is 79.3 cm³/mol. The molecule has 2 saturated heterocycles. The van der Waals surface area contributed by atoms with Gasteiger partial charge in [0.2, 0.25) is 5.91 Å². The van der Waals surface area contributed by atoms with Crippen molar-refractivity contribution < 1.29 is 14.3 Å². The van der Waals surface area contributed by atoms with Gasteiger partial charge in [0, 0.05) is 32.0 Å². The highest BCUT2D eigenvalue weighted by atomic mass is 16.5. The molecule has 0 bridgehead atoms. The number of aryl methyl sites for hydroxylation is 1. The molecular weight excluding hydrogens is 284 g/mol. The second-order valence-electron chi connectivity index (χ2n) is 5.80. The van der Waals surface area contributed by atoms with Crippen molar-refractivity contribution in [3.05, 3.63) is 18.2 Å². The molecule has 0 aromatic carbocycles. The Morgan fingerprint density at radius 3 is 3.14 bits per heavy atom. The van der Waals surface area contributed by atoms with Gasteiger partial charge in [0.1, 0.15) is 0 Å². The molecule has 1 aromatic heterocycles. The van der Waals surface area contributed by atoms with Crippen molar-refractivity contribution in [2.75, 3.05) is 6.61 Å². The topological polar surface area (TPSA) is 85.2 Å². The number of imidazole rings is 1. The molecule has 1 aromatic rings. The summed E-state index contributed by atoms with van der Waals surface area (Å²) in [7, 11) is 0. The van der Waals surface area contributed by atoms with E-state index in [-0.39, 0.29) is 30.0 Å². The highest BCUT2D eigenvalue weighted by Crippen LogP contribution is 2.22. The van der Waals surface area contributed by atoms with Gasteiger partial charge in [0.15, 0.2) is 5.82 Å². The van der Waals surface area contributed by atoms with E-state index in [1.54, 1.807) is 17.0 Å². The largest absolute Gasteiger partial charge is 0.376 e. The van der Waals surface area contributed by atoms with E-state index < -0.39 is 0 Å². The maximum atomic E-state index is 12.4. The molecule has 2 aliphatic rings. The number of carbonyl (C=O) groups is 2. The second kappa shape index (κ2) is 6.48. The maximum absolute atomic E-state index is 12.4.